The number of H-pyrrole nitrogens is 1. The molecule has 0 bridgehead atoms. The Bertz CT molecular complexity index is 533. The zero-order chi connectivity index (χ0) is 10.1. The van der Waals surface area contributed by atoms with Gasteiger partial charge >= 0.3 is 0 Å². The summed E-state index contributed by atoms with van der Waals surface area (Å²) in [6.45, 7) is 0. The first kappa shape index (κ1) is 8.74. The fraction of sp³-hybridized carbons (Fsp3) is 0.100. The molecular weight excluding hydrogens is 185 g/mol. The number of pyridine rings is 1. The Labute approximate surface area is 79.1 Å². The third-order valence-corrected chi connectivity index (χ3v) is 2.02. The molecule has 4 heteroatoms. The van der Waals surface area contributed by atoms with Gasteiger partial charge in [-0.1, -0.05) is 12.1 Å². The number of methoxy groups -OCH3 is 1. The maximum atomic E-state index is 13.2. The van der Waals surface area contributed by atoms with Gasteiger partial charge in [0.15, 0.2) is 5.88 Å². The van der Waals surface area contributed by atoms with Crippen LogP contribution in [0.25, 0.3) is 10.8 Å². The predicted molar refractivity (Wildman–Crippen MR) is 51.1 cm³/mol. The lowest BCUT2D eigenvalue weighted by molar-refractivity contribution is 0.397. The number of hydrogen-bond acceptors (Lipinski definition) is 2. The summed E-state index contributed by atoms with van der Waals surface area (Å²) < 4.78 is 18.1. The van der Waals surface area contributed by atoms with Crippen molar-refractivity contribution in [3.8, 4) is 5.88 Å². The van der Waals surface area contributed by atoms with Crippen molar-refractivity contribution >= 4 is 10.8 Å². The number of aromatic amines is 1. The van der Waals surface area contributed by atoms with Gasteiger partial charge in [-0.15, -0.1) is 0 Å². The van der Waals surface area contributed by atoms with Gasteiger partial charge in [0.2, 0.25) is 0 Å². The van der Waals surface area contributed by atoms with E-state index < -0.39 is 11.4 Å². The SMILES string of the molecule is COc1cc2cccc(F)c2c(=O)[nH]1. The van der Waals surface area contributed by atoms with E-state index in [1.165, 1.54) is 13.2 Å². The topological polar surface area (TPSA) is 42.1 Å². The minimum absolute atomic E-state index is 0.0632. The van der Waals surface area contributed by atoms with E-state index in [4.69, 9.17) is 4.74 Å². The molecule has 0 saturated carbocycles. The molecule has 2 rings (SSSR count). The molecule has 0 saturated heterocycles. The van der Waals surface area contributed by atoms with Crippen LogP contribution in [0.1, 0.15) is 0 Å². The van der Waals surface area contributed by atoms with Crippen LogP contribution in [0.4, 0.5) is 4.39 Å². The number of rotatable bonds is 1. The third kappa shape index (κ3) is 1.25. The number of halogens is 1. The average Bonchev–Trinajstić information content (AvgIpc) is 2.17. The van der Waals surface area contributed by atoms with E-state index in [1.807, 2.05) is 0 Å². The minimum Gasteiger partial charge on any atom is -0.482 e. The summed E-state index contributed by atoms with van der Waals surface area (Å²) in [5, 5.41) is 0.596. The molecule has 72 valence electrons. The van der Waals surface area contributed by atoms with E-state index in [2.05, 4.69) is 4.98 Å². The van der Waals surface area contributed by atoms with Crippen LogP contribution >= 0.6 is 0 Å². The highest BCUT2D eigenvalue weighted by atomic mass is 19.1. The van der Waals surface area contributed by atoms with Crippen molar-refractivity contribution in [1.82, 2.24) is 4.98 Å². The third-order valence-electron chi connectivity index (χ3n) is 2.02. The first-order chi connectivity index (χ1) is 6.72. The van der Waals surface area contributed by atoms with E-state index in [-0.39, 0.29) is 5.39 Å². The fourth-order valence-corrected chi connectivity index (χ4v) is 1.36. The first-order valence-corrected chi connectivity index (χ1v) is 4.08. The van der Waals surface area contributed by atoms with Crippen LogP contribution in [-0.4, -0.2) is 12.1 Å². The van der Waals surface area contributed by atoms with Gasteiger partial charge in [-0.2, -0.15) is 0 Å². The van der Waals surface area contributed by atoms with Crippen molar-refractivity contribution in [2.75, 3.05) is 7.11 Å². The first-order valence-electron chi connectivity index (χ1n) is 4.08. The quantitative estimate of drug-likeness (QED) is 0.748. The molecule has 0 unspecified atom stereocenters. The second kappa shape index (κ2) is 3.14. The highest BCUT2D eigenvalue weighted by Gasteiger charge is 2.05. The Balaban J connectivity index is 2.90. The summed E-state index contributed by atoms with van der Waals surface area (Å²) in [4.78, 5) is 13.8. The number of nitrogens with one attached hydrogen (secondary N) is 1. The molecule has 0 amide bonds. The molecule has 1 heterocycles. The lowest BCUT2D eigenvalue weighted by atomic mass is 10.1. The molecule has 0 fully saturated rings. The van der Waals surface area contributed by atoms with Gasteiger partial charge in [-0.25, -0.2) is 4.39 Å². The van der Waals surface area contributed by atoms with Crippen molar-refractivity contribution in [2.24, 2.45) is 0 Å². The Morgan fingerprint density at radius 3 is 2.93 bits per heavy atom. The zero-order valence-electron chi connectivity index (χ0n) is 7.50. The standard InChI is InChI=1S/C10H8FNO2/c1-14-8-5-6-3-2-4-7(11)9(6)10(13)12-8/h2-5H,1H3,(H,12,13). The molecule has 1 aromatic heterocycles. The van der Waals surface area contributed by atoms with E-state index in [0.29, 0.717) is 11.3 Å². The van der Waals surface area contributed by atoms with Crippen LogP contribution in [0.5, 0.6) is 5.88 Å². The van der Waals surface area contributed by atoms with Gasteiger partial charge in [-0.3, -0.25) is 9.78 Å². The van der Waals surface area contributed by atoms with Crippen molar-refractivity contribution in [2.45, 2.75) is 0 Å². The van der Waals surface area contributed by atoms with E-state index >= 15 is 0 Å². The van der Waals surface area contributed by atoms with E-state index in [9.17, 15) is 9.18 Å². The van der Waals surface area contributed by atoms with Crippen LogP contribution in [0.15, 0.2) is 29.1 Å². The summed E-state index contributed by atoms with van der Waals surface area (Å²) in [7, 11) is 1.44. The molecule has 0 aliphatic rings. The second-order valence-electron chi connectivity index (χ2n) is 2.87. The normalized spacial score (nSPS) is 10.4. The van der Waals surface area contributed by atoms with Gasteiger partial charge in [0.1, 0.15) is 5.82 Å². The molecule has 1 N–H and O–H groups in total. The molecule has 2 aromatic rings. The summed E-state index contributed by atoms with van der Waals surface area (Å²) in [5.74, 6) is -0.195. The fourth-order valence-electron chi connectivity index (χ4n) is 1.36. The number of fused-ring (bicyclic) bond motifs is 1. The van der Waals surface area contributed by atoms with Gasteiger partial charge in [0.25, 0.3) is 5.56 Å². The monoisotopic (exact) mass is 193 g/mol. The van der Waals surface area contributed by atoms with Crippen LogP contribution < -0.4 is 10.3 Å². The van der Waals surface area contributed by atoms with Crippen LogP contribution in [0.2, 0.25) is 0 Å². The average molecular weight is 193 g/mol. The van der Waals surface area contributed by atoms with Crippen molar-refractivity contribution in [1.29, 1.82) is 0 Å². The van der Waals surface area contributed by atoms with Crippen molar-refractivity contribution < 1.29 is 9.13 Å². The maximum Gasteiger partial charge on any atom is 0.261 e. The maximum absolute atomic E-state index is 13.2. The summed E-state index contributed by atoms with van der Waals surface area (Å²) in [5.41, 5.74) is -0.475. The molecule has 0 atom stereocenters. The van der Waals surface area contributed by atoms with Crippen LogP contribution in [-0.2, 0) is 0 Å². The Morgan fingerprint density at radius 2 is 2.21 bits per heavy atom. The molecule has 14 heavy (non-hydrogen) atoms. The molecule has 0 aliphatic heterocycles. The highest BCUT2D eigenvalue weighted by Crippen LogP contribution is 2.16. The number of aromatic nitrogens is 1. The molecule has 0 aliphatic carbocycles. The van der Waals surface area contributed by atoms with Gasteiger partial charge in [0, 0.05) is 6.07 Å². The lowest BCUT2D eigenvalue weighted by Crippen LogP contribution is -2.08. The second-order valence-corrected chi connectivity index (χ2v) is 2.87. The van der Waals surface area contributed by atoms with Gasteiger partial charge in [-0.05, 0) is 11.5 Å². The number of ether oxygens (including phenoxy) is 1. The largest absolute Gasteiger partial charge is 0.482 e. The minimum atomic E-state index is -0.522. The molecular formula is C10H8FNO2. The molecule has 3 nitrogen and oxygen atoms in total. The zero-order valence-corrected chi connectivity index (χ0v) is 7.50. The molecule has 0 radical (unpaired) electrons. The van der Waals surface area contributed by atoms with Crippen molar-refractivity contribution in [3.63, 3.8) is 0 Å². The summed E-state index contributed by atoms with van der Waals surface area (Å²) in [6, 6.07) is 6.05. The Hall–Kier alpha value is -1.84. The van der Waals surface area contributed by atoms with Crippen LogP contribution in [0.3, 0.4) is 0 Å². The number of hydrogen-bond donors (Lipinski definition) is 1. The molecule has 1 aromatic carbocycles. The van der Waals surface area contributed by atoms with Gasteiger partial charge in [0.05, 0.1) is 12.5 Å². The summed E-state index contributed by atoms with van der Waals surface area (Å²) >= 11 is 0. The lowest BCUT2D eigenvalue weighted by Gasteiger charge is -2.02. The van der Waals surface area contributed by atoms with E-state index in [1.54, 1.807) is 18.2 Å². The van der Waals surface area contributed by atoms with Crippen molar-refractivity contribution in [3.05, 3.63) is 40.4 Å². The highest BCUT2D eigenvalue weighted by molar-refractivity contribution is 5.82. The predicted octanol–water partition coefficient (Wildman–Crippen LogP) is 1.68. The van der Waals surface area contributed by atoms with E-state index in [0.717, 1.165) is 0 Å². The Kier molecular flexibility index (Phi) is 1.96. The van der Waals surface area contributed by atoms with Crippen LogP contribution in [0, 0.1) is 5.82 Å². The smallest absolute Gasteiger partial charge is 0.261 e. The summed E-state index contributed by atoms with van der Waals surface area (Å²) in [6.07, 6.45) is 0. The Morgan fingerprint density at radius 1 is 1.43 bits per heavy atom. The number of benzene rings is 1. The van der Waals surface area contributed by atoms with Gasteiger partial charge < -0.3 is 4.74 Å². The molecule has 0 spiro atoms.